The van der Waals surface area contributed by atoms with E-state index in [9.17, 15) is 4.79 Å². The number of hydrogen-bond acceptors (Lipinski definition) is 3. The molecule has 1 unspecified atom stereocenters. The Hall–Kier alpha value is -0.610. The highest BCUT2D eigenvalue weighted by Gasteiger charge is 2.30. The predicted octanol–water partition coefficient (Wildman–Crippen LogP) is 1.01. The number of likely N-dealkylation sites (tertiary alicyclic amines) is 1. The van der Waals surface area contributed by atoms with Crippen molar-refractivity contribution >= 4 is 5.91 Å². The minimum absolute atomic E-state index is 0.0407. The Bertz CT molecular complexity index is 219. The molecular formula is C12H24N2O2. The van der Waals surface area contributed by atoms with Crippen molar-refractivity contribution < 1.29 is 9.53 Å². The van der Waals surface area contributed by atoms with Gasteiger partial charge < -0.3 is 15.0 Å². The topological polar surface area (TPSA) is 41.6 Å². The SMILES string of the molecule is CCCNC1CCN(CCOC(C)C)C1=O. The van der Waals surface area contributed by atoms with Crippen LogP contribution in [0.3, 0.4) is 0 Å². The van der Waals surface area contributed by atoms with Gasteiger partial charge in [-0.1, -0.05) is 6.92 Å². The van der Waals surface area contributed by atoms with Crippen LogP contribution in [-0.4, -0.2) is 49.2 Å². The van der Waals surface area contributed by atoms with E-state index in [1.807, 2.05) is 18.7 Å². The van der Waals surface area contributed by atoms with Crippen molar-refractivity contribution in [3.05, 3.63) is 0 Å². The lowest BCUT2D eigenvalue weighted by Gasteiger charge is -2.17. The third-order valence-corrected chi connectivity index (χ3v) is 2.75. The van der Waals surface area contributed by atoms with Crippen LogP contribution in [0.5, 0.6) is 0 Å². The maximum absolute atomic E-state index is 11.9. The molecule has 94 valence electrons. The number of amides is 1. The second-order valence-electron chi connectivity index (χ2n) is 4.54. The molecular weight excluding hydrogens is 204 g/mol. The lowest BCUT2D eigenvalue weighted by molar-refractivity contribution is -0.130. The van der Waals surface area contributed by atoms with E-state index in [-0.39, 0.29) is 18.1 Å². The molecule has 1 heterocycles. The summed E-state index contributed by atoms with van der Waals surface area (Å²) in [4.78, 5) is 13.8. The van der Waals surface area contributed by atoms with Gasteiger partial charge >= 0.3 is 0 Å². The summed E-state index contributed by atoms with van der Waals surface area (Å²) in [5, 5.41) is 3.28. The fourth-order valence-electron chi connectivity index (χ4n) is 1.87. The number of nitrogens with one attached hydrogen (secondary N) is 1. The molecule has 4 nitrogen and oxygen atoms in total. The minimum atomic E-state index is 0.0407. The summed E-state index contributed by atoms with van der Waals surface area (Å²) >= 11 is 0. The summed E-state index contributed by atoms with van der Waals surface area (Å²) in [6, 6.07) is 0.0407. The van der Waals surface area contributed by atoms with Crippen LogP contribution in [0.1, 0.15) is 33.6 Å². The number of nitrogens with zero attached hydrogens (tertiary/aromatic N) is 1. The molecule has 0 spiro atoms. The molecule has 0 radical (unpaired) electrons. The van der Waals surface area contributed by atoms with Crippen LogP contribution in [0.15, 0.2) is 0 Å². The molecule has 1 fully saturated rings. The zero-order valence-corrected chi connectivity index (χ0v) is 10.7. The molecule has 1 atom stereocenters. The summed E-state index contributed by atoms with van der Waals surface area (Å²) in [7, 11) is 0. The standard InChI is InChI=1S/C12H24N2O2/c1-4-6-13-11-5-7-14(12(11)15)8-9-16-10(2)3/h10-11,13H,4-9H2,1-3H3. The first-order chi connectivity index (χ1) is 7.65. The molecule has 0 aromatic heterocycles. The number of carbonyl (C=O) groups excluding carboxylic acids is 1. The van der Waals surface area contributed by atoms with Crippen molar-refractivity contribution in [2.45, 2.75) is 45.8 Å². The Balaban J connectivity index is 2.22. The lowest BCUT2D eigenvalue weighted by Crippen LogP contribution is -2.39. The van der Waals surface area contributed by atoms with Gasteiger partial charge in [-0.2, -0.15) is 0 Å². The summed E-state index contributed by atoms with van der Waals surface area (Å²) in [6.45, 7) is 9.29. The van der Waals surface area contributed by atoms with Crippen molar-refractivity contribution in [2.75, 3.05) is 26.2 Å². The summed E-state index contributed by atoms with van der Waals surface area (Å²) < 4.78 is 5.45. The molecule has 16 heavy (non-hydrogen) atoms. The third kappa shape index (κ3) is 4.10. The molecule has 1 rings (SSSR count). The van der Waals surface area contributed by atoms with Crippen molar-refractivity contribution in [2.24, 2.45) is 0 Å². The van der Waals surface area contributed by atoms with E-state index < -0.39 is 0 Å². The number of rotatable bonds is 7. The quantitative estimate of drug-likeness (QED) is 0.707. The van der Waals surface area contributed by atoms with Gasteiger partial charge in [0.15, 0.2) is 0 Å². The van der Waals surface area contributed by atoms with Gasteiger partial charge in [0.05, 0.1) is 18.8 Å². The summed E-state index contributed by atoms with van der Waals surface area (Å²) in [5.74, 6) is 0.237. The molecule has 1 saturated heterocycles. The highest BCUT2D eigenvalue weighted by molar-refractivity contribution is 5.83. The van der Waals surface area contributed by atoms with E-state index in [4.69, 9.17) is 4.74 Å². The van der Waals surface area contributed by atoms with E-state index in [1.54, 1.807) is 0 Å². The van der Waals surface area contributed by atoms with Gasteiger partial charge in [-0.25, -0.2) is 0 Å². The first-order valence-corrected chi connectivity index (χ1v) is 6.29. The van der Waals surface area contributed by atoms with Gasteiger partial charge in [-0.05, 0) is 33.2 Å². The van der Waals surface area contributed by atoms with Crippen LogP contribution in [0, 0.1) is 0 Å². The van der Waals surface area contributed by atoms with Crippen molar-refractivity contribution in [3.8, 4) is 0 Å². The molecule has 0 aromatic rings. The van der Waals surface area contributed by atoms with E-state index in [0.717, 1.165) is 32.5 Å². The Morgan fingerprint density at radius 1 is 1.56 bits per heavy atom. The van der Waals surface area contributed by atoms with Crippen LogP contribution in [0.25, 0.3) is 0 Å². The first-order valence-electron chi connectivity index (χ1n) is 6.29. The normalized spacial score (nSPS) is 21.1. The van der Waals surface area contributed by atoms with Crippen LogP contribution >= 0.6 is 0 Å². The maximum atomic E-state index is 11.9. The highest BCUT2D eigenvalue weighted by Crippen LogP contribution is 2.10. The minimum Gasteiger partial charge on any atom is -0.377 e. The van der Waals surface area contributed by atoms with Crippen molar-refractivity contribution in [1.82, 2.24) is 10.2 Å². The Morgan fingerprint density at radius 3 is 2.94 bits per heavy atom. The zero-order valence-electron chi connectivity index (χ0n) is 10.7. The van der Waals surface area contributed by atoms with Crippen LogP contribution < -0.4 is 5.32 Å². The average molecular weight is 228 g/mol. The highest BCUT2D eigenvalue weighted by atomic mass is 16.5. The van der Waals surface area contributed by atoms with Gasteiger partial charge in [-0.15, -0.1) is 0 Å². The molecule has 1 amide bonds. The van der Waals surface area contributed by atoms with Gasteiger partial charge in [0.1, 0.15) is 0 Å². The summed E-state index contributed by atoms with van der Waals surface area (Å²) in [5.41, 5.74) is 0. The van der Waals surface area contributed by atoms with E-state index in [2.05, 4.69) is 12.2 Å². The molecule has 1 aliphatic rings. The molecule has 0 bridgehead atoms. The Kier molecular flexibility index (Phi) is 5.77. The van der Waals surface area contributed by atoms with Gasteiger partial charge in [-0.3, -0.25) is 4.79 Å². The number of hydrogen-bond donors (Lipinski definition) is 1. The van der Waals surface area contributed by atoms with Crippen molar-refractivity contribution in [1.29, 1.82) is 0 Å². The fraction of sp³-hybridized carbons (Fsp3) is 0.917. The van der Waals surface area contributed by atoms with Gasteiger partial charge in [0.2, 0.25) is 5.91 Å². The smallest absolute Gasteiger partial charge is 0.239 e. The van der Waals surface area contributed by atoms with E-state index in [0.29, 0.717) is 6.61 Å². The van der Waals surface area contributed by atoms with Gasteiger partial charge in [0, 0.05) is 13.1 Å². The van der Waals surface area contributed by atoms with Crippen LogP contribution in [0.2, 0.25) is 0 Å². The fourth-order valence-corrected chi connectivity index (χ4v) is 1.87. The molecule has 0 aromatic carbocycles. The maximum Gasteiger partial charge on any atom is 0.239 e. The molecule has 4 heteroatoms. The molecule has 1 N–H and O–H groups in total. The van der Waals surface area contributed by atoms with E-state index >= 15 is 0 Å². The lowest BCUT2D eigenvalue weighted by atomic mass is 10.2. The van der Waals surface area contributed by atoms with Crippen LogP contribution in [0.4, 0.5) is 0 Å². The number of ether oxygens (including phenoxy) is 1. The monoisotopic (exact) mass is 228 g/mol. The average Bonchev–Trinajstić information content (AvgIpc) is 2.57. The molecule has 0 aliphatic carbocycles. The Labute approximate surface area is 98.3 Å². The molecule has 0 saturated carbocycles. The summed E-state index contributed by atoms with van der Waals surface area (Å²) in [6.07, 6.45) is 2.24. The van der Waals surface area contributed by atoms with Gasteiger partial charge in [0.25, 0.3) is 0 Å². The number of carbonyl (C=O) groups is 1. The Morgan fingerprint density at radius 2 is 2.31 bits per heavy atom. The molecule has 1 aliphatic heterocycles. The second kappa shape index (κ2) is 6.86. The first kappa shape index (κ1) is 13.5. The zero-order chi connectivity index (χ0) is 12.0. The van der Waals surface area contributed by atoms with Crippen LogP contribution in [-0.2, 0) is 9.53 Å². The second-order valence-corrected chi connectivity index (χ2v) is 4.54. The van der Waals surface area contributed by atoms with Crippen molar-refractivity contribution in [3.63, 3.8) is 0 Å². The third-order valence-electron chi connectivity index (χ3n) is 2.75. The van der Waals surface area contributed by atoms with E-state index in [1.165, 1.54) is 0 Å². The predicted molar refractivity (Wildman–Crippen MR) is 64.4 cm³/mol. The largest absolute Gasteiger partial charge is 0.377 e.